The zero-order valence-electron chi connectivity index (χ0n) is 13.5. The third kappa shape index (κ3) is 3.88. The van der Waals surface area contributed by atoms with Gasteiger partial charge in [-0.15, -0.1) is 0 Å². The van der Waals surface area contributed by atoms with E-state index in [1.54, 1.807) is 13.0 Å². The molecular formula is C16H24O5. The van der Waals surface area contributed by atoms with Gasteiger partial charge in [0, 0.05) is 11.1 Å². The molecule has 1 unspecified atom stereocenters. The SMILES string of the molecule is CCOC(=O)C(O)c1cc(OC)cc(C(C)(C)C)c1OC. The molecule has 0 bridgehead atoms. The molecule has 118 valence electrons. The number of esters is 1. The molecule has 21 heavy (non-hydrogen) atoms. The molecule has 0 aliphatic rings. The minimum atomic E-state index is -1.41. The molecule has 1 atom stereocenters. The first-order valence-corrected chi connectivity index (χ1v) is 6.87. The predicted octanol–water partition coefficient (Wildman–Crippen LogP) is 2.60. The van der Waals surface area contributed by atoms with Gasteiger partial charge in [0.2, 0.25) is 0 Å². The highest BCUT2D eigenvalue weighted by Crippen LogP contribution is 2.40. The summed E-state index contributed by atoms with van der Waals surface area (Å²) in [7, 11) is 3.05. The molecule has 1 rings (SSSR count). The van der Waals surface area contributed by atoms with Gasteiger partial charge in [-0.3, -0.25) is 0 Å². The molecule has 0 spiro atoms. The molecule has 0 aliphatic carbocycles. The van der Waals surface area contributed by atoms with Gasteiger partial charge in [0.15, 0.2) is 6.10 Å². The second kappa shape index (κ2) is 6.80. The van der Waals surface area contributed by atoms with Gasteiger partial charge in [0.05, 0.1) is 20.8 Å². The maximum Gasteiger partial charge on any atom is 0.339 e. The van der Waals surface area contributed by atoms with E-state index < -0.39 is 12.1 Å². The van der Waals surface area contributed by atoms with Crippen molar-refractivity contribution in [1.29, 1.82) is 0 Å². The monoisotopic (exact) mass is 296 g/mol. The Morgan fingerprint density at radius 2 is 1.86 bits per heavy atom. The van der Waals surface area contributed by atoms with Gasteiger partial charge in [-0.25, -0.2) is 4.79 Å². The van der Waals surface area contributed by atoms with E-state index in [2.05, 4.69) is 0 Å². The third-order valence-corrected chi connectivity index (χ3v) is 3.14. The summed E-state index contributed by atoms with van der Waals surface area (Å²) in [6, 6.07) is 3.44. The number of hydrogen-bond donors (Lipinski definition) is 1. The standard InChI is InChI=1S/C16H24O5/c1-7-21-15(18)13(17)11-8-10(19-5)9-12(14(11)20-6)16(2,3)4/h8-9,13,17H,7H2,1-6H3. The average Bonchev–Trinajstić information content (AvgIpc) is 2.44. The zero-order chi connectivity index (χ0) is 16.2. The van der Waals surface area contributed by atoms with Gasteiger partial charge < -0.3 is 19.3 Å². The van der Waals surface area contributed by atoms with Crippen LogP contribution in [0.5, 0.6) is 11.5 Å². The van der Waals surface area contributed by atoms with E-state index in [0.29, 0.717) is 17.1 Å². The van der Waals surface area contributed by atoms with Gasteiger partial charge in [-0.1, -0.05) is 20.8 Å². The van der Waals surface area contributed by atoms with Gasteiger partial charge >= 0.3 is 5.97 Å². The number of hydrogen-bond acceptors (Lipinski definition) is 5. The van der Waals surface area contributed by atoms with Crippen LogP contribution in [0, 0.1) is 0 Å². The van der Waals surface area contributed by atoms with Crippen molar-refractivity contribution < 1.29 is 24.1 Å². The lowest BCUT2D eigenvalue weighted by molar-refractivity contribution is -0.153. The van der Waals surface area contributed by atoms with Gasteiger partial charge in [0.1, 0.15) is 11.5 Å². The van der Waals surface area contributed by atoms with E-state index in [1.807, 2.05) is 26.8 Å². The lowest BCUT2D eigenvalue weighted by Crippen LogP contribution is -2.19. The summed E-state index contributed by atoms with van der Waals surface area (Å²) in [6.45, 7) is 7.95. The molecule has 5 heteroatoms. The van der Waals surface area contributed by atoms with Crippen LogP contribution in [-0.2, 0) is 14.9 Å². The molecule has 5 nitrogen and oxygen atoms in total. The van der Waals surface area contributed by atoms with Crippen LogP contribution in [0.4, 0.5) is 0 Å². The van der Waals surface area contributed by atoms with Crippen molar-refractivity contribution >= 4 is 5.97 Å². The summed E-state index contributed by atoms with van der Waals surface area (Å²) in [4.78, 5) is 11.8. The number of aliphatic hydroxyl groups is 1. The molecule has 0 heterocycles. The molecule has 0 amide bonds. The lowest BCUT2D eigenvalue weighted by Gasteiger charge is -2.26. The van der Waals surface area contributed by atoms with Crippen molar-refractivity contribution in [1.82, 2.24) is 0 Å². The molecule has 0 aromatic heterocycles. The minimum absolute atomic E-state index is 0.203. The Labute approximate surface area is 125 Å². The first-order chi connectivity index (χ1) is 9.76. The number of ether oxygens (including phenoxy) is 3. The third-order valence-electron chi connectivity index (χ3n) is 3.14. The van der Waals surface area contributed by atoms with Crippen molar-refractivity contribution in [2.24, 2.45) is 0 Å². The Kier molecular flexibility index (Phi) is 5.61. The molecule has 0 saturated heterocycles. The maximum atomic E-state index is 11.8. The number of methoxy groups -OCH3 is 2. The molecule has 0 fully saturated rings. The van der Waals surface area contributed by atoms with Gasteiger partial charge in [-0.05, 0) is 24.5 Å². The Bertz CT molecular complexity index is 502. The normalized spacial score (nSPS) is 12.7. The van der Waals surface area contributed by atoms with Gasteiger partial charge in [-0.2, -0.15) is 0 Å². The number of aliphatic hydroxyl groups excluding tert-OH is 1. The Hall–Kier alpha value is -1.75. The van der Waals surface area contributed by atoms with E-state index in [4.69, 9.17) is 14.2 Å². The summed E-state index contributed by atoms with van der Waals surface area (Å²) < 4.78 is 15.6. The Balaban J connectivity index is 3.45. The lowest BCUT2D eigenvalue weighted by atomic mass is 9.84. The summed E-state index contributed by atoms with van der Waals surface area (Å²) >= 11 is 0. The quantitative estimate of drug-likeness (QED) is 0.846. The summed E-state index contributed by atoms with van der Waals surface area (Å²) in [5.41, 5.74) is 0.964. The first kappa shape index (κ1) is 17.3. The first-order valence-electron chi connectivity index (χ1n) is 6.87. The van der Waals surface area contributed by atoms with Crippen molar-refractivity contribution in [2.45, 2.75) is 39.2 Å². The van der Waals surface area contributed by atoms with Crippen LogP contribution in [0.15, 0.2) is 12.1 Å². The fourth-order valence-electron chi connectivity index (χ4n) is 2.08. The zero-order valence-corrected chi connectivity index (χ0v) is 13.5. The molecule has 1 N–H and O–H groups in total. The summed E-state index contributed by atoms with van der Waals surface area (Å²) in [6.07, 6.45) is -1.41. The topological polar surface area (TPSA) is 65.0 Å². The van der Waals surface area contributed by atoms with Gasteiger partial charge in [0.25, 0.3) is 0 Å². The molecular weight excluding hydrogens is 272 g/mol. The average molecular weight is 296 g/mol. The second-order valence-electron chi connectivity index (χ2n) is 5.70. The van der Waals surface area contributed by atoms with Crippen LogP contribution in [0.1, 0.15) is 44.9 Å². The highest BCUT2D eigenvalue weighted by molar-refractivity contribution is 5.78. The van der Waals surface area contributed by atoms with Crippen LogP contribution < -0.4 is 9.47 Å². The summed E-state index contributed by atoms with van der Waals surface area (Å²) in [5.74, 6) is 0.326. The van der Waals surface area contributed by atoms with E-state index in [-0.39, 0.29) is 12.0 Å². The van der Waals surface area contributed by atoms with E-state index in [1.165, 1.54) is 14.2 Å². The fraction of sp³-hybridized carbons (Fsp3) is 0.562. The van der Waals surface area contributed by atoms with E-state index >= 15 is 0 Å². The van der Waals surface area contributed by atoms with Crippen molar-refractivity contribution in [3.63, 3.8) is 0 Å². The highest BCUT2D eigenvalue weighted by Gasteiger charge is 2.29. The van der Waals surface area contributed by atoms with Crippen LogP contribution in [-0.4, -0.2) is 31.9 Å². The van der Waals surface area contributed by atoms with Crippen LogP contribution >= 0.6 is 0 Å². The molecule has 1 aromatic carbocycles. The molecule has 0 radical (unpaired) electrons. The highest BCUT2D eigenvalue weighted by atomic mass is 16.5. The second-order valence-corrected chi connectivity index (χ2v) is 5.70. The Morgan fingerprint density at radius 1 is 1.24 bits per heavy atom. The van der Waals surface area contributed by atoms with Crippen molar-refractivity contribution in [3.05, 3.63) is 23.3 Å². The van der Waals surface area contributed by atoms with Crippen LogP contribution in [0.3, 0.4) is 0 Å². The van der Waals surface area contributed by atoms with Crippen molar-refractivity contribution in [3.8, 4) is 11.5 Å². The number of carbonyl (C=O) groups is 1. The largest absolute Gasteiger partial charge is 0.497 e. The van der Waals surface area contributed by atoms with Crippen molar-refractivity contribution in [2.75, 3.05) is 20.8 Å². The number of rotatable bonds is 5. The molecule has 0 saturated carbocycles. The number of carbonyl (C=O) groups excluding carboxylic acids is 1. The fourth-order valence-corrected chi connectivity index (χ4v) is 2.08. The number of benzene rings is 1. The van der Waals surface area contributed by atoms with Crippen LogP contribution in [0.25, 0.3) is 0 Å². The molecule has 1 aromatic rings. The smallest absolute Gasteiger partial charge is 0.339 e. The molecule has 0 aliphatic heterocycles. The predicted molar refractivity (Wildman–Crippen MR) is 79.8 cm³/mol. The summed E-state index contributed by atoms with van der Waals surface area (Å²) in [5, 5.41) is 10.2. The van der Waals surface area contributed by atoms with E-state index in [0.717, 1.165) is 5.56 Å². The minimum Gasteiger partial charge on any atom is -0.497 e. The Morgan fingerprint density at radius 3 is 2.29 bits per heavy atom. The van der Waals surface area contributed by atoms with E-state index in [9.17, 15) is 9.90 Å². The van der Waals surface area contributed by atoms with Crippen LogP contribution in [0.2, 0.25) is 0 Å². The maximum absolute atomic E-state index is 11.8.